The highest BCUT2D eigenvalue weighted by Crippen LogP contribution is 2.32. The molecule has 64 valence electrons. The molecular weight excluding hydrogens is 184 g/mol. The monoisotopic (exact) mass is 190 g/mol. The molecule has 0 amide bonds. The van der Waals surface area contributed by atoms with Crippen LogP contribution in [0.5, 0.6) is 0 Å². The van der Waals surface area contributed by atoms with Crippen molar-refractivity contribution in [2.45, 2.75) is 0 Å². The van der Waals surface area contributed by atoms with Crippen LogP contribution in [0.3, 0.4) is 0 Å². The molecule has 0 atom stereocenters. The molecule has 0 saturated carbocycles. The predicted octanol–water partition coefficient (Wildman–Crippen LogP) is 2.08. The number of aromatic nitrogens is 1. The van der Waals surface area contributed by atoms with E-state index < -0.39 is 0 Å². The number of rotatable bonds is 0. The van der Waals surface area contributed by atoms with Crippen molar-refractivity contribution >= 4 is 17.0 Å². The predicted molar refractivity (Wildman–Crippen MR) is 51.1 cm³/mol. The van der Waals surface area contributed by atoms with Crippen molar-refractivity contribution in [1.29, 1.82) is 0 Å². The van der Waals surface area contributed by atoms with Gasteiger partial charge in [0.15, 0.2) is 0 Å². The summed E-state index contributed by atoms with van der Waals surface area (Å²) in [6, 6.07) is 5.92. The maximum absolute atomic E-state index is 8.88. The van der Waals surface area contributed by atoms with Gasteiger partial charge in [0.2, 0.25) is 0 Å². The summed E-state index contributed by atoms with van der Waals surface area (Å²) in [7, 11) is 0. The van der Waals surface area contributed by atoms with E-state index in [-0.39, 0.29) is 0 Å². The molecule has 4 heteroatoms. The van der Waals surface area contributed by atoms with Crippen LogP contribution in [0.4, 0.5) is 0 Å². The standard InChI is InChI=1S/C9H6N2OS/c12-10-8-6-2-1-4-11(6)7-3-5-13-9(7)8/h1-5,12H. The smallest absolute Gasteiger partial charge is 0.145 e. The largest absolute Gasteiger partial charge is 0.410 e. The zero-order valence-corrected chi connectivity index (χ0v) is 7.45. The molecule has 3 heterocycles. The summed E-state index contributed by atoms with van der Waals surface area (Å²) < 4.78 is 2.03. The second-order valence-electron chi connectivity index (χ2n) is 2.85. The quantitative estimate of drug-likeness (QED) is 0.427. The van der Waals surface area contributed by atoms with E-state index in [0.717, 1.165) is 16.3 Å². The summed E-state index contributed by atoms with van der Waals surface area (Å²) in [5, 5.41) is 14.2. The summed E-state index contributed by atoms with van der Waals surface area (Å²) in [5.41, 5.74) is 2.75. The maximum Gasteiger partial charge on any atom is 0.145 e. The van der Waals surface area contributed by atoms with Crippen molar-refractivity contribution in [1.82, 2.24) is 4.57 Å². The Morgan fingerprint density at radius 1 is 1.38 bits per heavy atom. The number of nitrogens with zero attached hydrogens (tertiary/aromatic N) is 2. The SMILES string of the molecule is ON=C1c2sccc2-n2cccc21. The molecule has 0 bridgehead atoms. The summed E-state index contributed by atoms with van der Waals surface area (Å²) >= 11 is 1.59. The lowest BCUT2D eigenvalue weighted by Gasteiger charge is -1.93. The molecule has 0 radical (unpaired) electrons. The molecule has 3 rings (SSSR count). The van der Waals surface area contributed by atoms with Crippen molar-refractivity contribution in [3.05, 3.63) is 40.3 Å². The average molecular weight is 190 g/mol. The zero-order valence-electron chi connectivity index (χ0n) is 6.64. The fourth-order valence-corrected chi connectivity index (χ4v) is 2.54. The van der Waals surface area contributed by atoms with Crippen LogP contribution in [-0.4, -0.2) is 15.5 Å². The molecule has 0 unspecified atom stereocenters. The minimum absolute atomic E-state index is 0.676. The van der Waals surface area contributed by atoms with Gasteiger partial charge in [-0.3, -0.25) is 0 Å². The fraction of sp³-hybridized carbons (Fsp3) is 0. The molecule has 2 aromatic rings. The van der Waals surface area contributed by atoms with Crippen LogP contribution < -0.4 is 0 Å². The van der Waals surface area contributed by atoms with E-state index in [1.54, 1.807) is 11.3 Å². The Balaban J connectivity index is 2.43. The number of fused-ring (bicyclic) bond motifs is 3. The molecule has 1 aliphatic rings. The van der Waals surface area contributed by atoms with Gasteiger partial charge in [-0.05, 0) is 23.6 Å². The van der Waals surface area contributed by atoms with Gasteiger partial charge in [-0.1, -0.05) is 5.16 Å². The van der Waals surface area contributed by atoms with Crippen LogP contribution in [0.25, 0.3) is 5.69 Å². The summed E-state index contributed by atoms with van der Waals surface area (Å²) in [5.74, 6) is 0. The van der Waals surface area contributed by atoms with E-state index in [2.05, 4.69) is 5.16 Å². The normalized spacial score (nSPS) is 16.2. The lowest BCUT2D eigenvalue weighted by Crippen LogP contribution is -1.96. The van der Waals surface area contributed by atoms with Crippen LogP contribution in [-0.2, 0) is 0 Å². The first kappa shape index (κ1) is 6.91. The van der Waals surface area contributed by atoms with Crippen LogP contribution >= 0.6 is 11.3 Å². The Labute approximate surface area is 78.6 Å². The van der Waals surface area contributed by atoms with E-state index >= 15 is 0 Å². The van der Waals surface area contributed by atoms with E-state index in [1.807, 2.05) is 34.3 Å². The Kier molecular flexibility index (Phi) is 1.19. The van der Waals surface area contributed by atoms with Gasteiger partial charge >= 0.3 is 0 Å². The topological polar surface area (TPSA) is 37.5 Å². The van der Waals surface area contributed by atoms with Crippen molar-refractivity contribution < 1.29 is 5.21 Å². The highest BCUT2D eigenvalue weighted by Gasteiger charge is 2.25. The van der Waals surface area contributed by atoms with Gasteiger partial charge < -0.3 is 9.77 Å². The highest BCUT2D eigenvalue weighted by molar-refractivity contribution is 7.13. The van der Waals surface area contributed by atoms with E-state index in [9.17, 15) is 0 Å². The third-order valence-corrected chi connectivity index (χ3v) is 3.12. The molecule has 1 aliphatic heterocycles. The number of oxime groups is 1. The van der Waals surface area contributed by atoms with Crippen LogP contribution in [0.1, 0.15) is 10.6 Å². The number of hydrogen-bond acceptors (Lipinski definition) is 3. The van der Waals surface area contributed by atoms with Gasteiger partial charge in [-0.25, -0.2) is 0 Å². The van der Waals surface area contributed by atoms with Gasteiger partial charge in [-0.15, -0.1) is 11.3 Å². The first-order valence-corrected chi connectivity index (χ1v) is 4.78. The molecule has 13 heavy (non-hydrogen) atoms. The molecule has 3 nitrogen and oxygen atoms in total. The van der Waals surface area contributed by atoms with Crippen molar-refractivity contribution in [2.75, 3.05) is 0 Å². The van der Waals surface area contributed by atoms with Gasteiger partial charge in [-0.2, -0.15) is 0 Å². The number of hydrogen-bond donors (Lipinski definition) is 1. The first-order chi connectivity index (χ1) is 6.42. The van der Waals surface area contributed by atoms with Gasteiger partial charge in [0.1, 0.15) is 5.71 Å². The second kappa shape index (κ2) is 2.23. The molecule has 1 N–H and O–H groups in total. The van der Waals surface area contributed by atoms with Crippen LogP contribution in [0.2, 0.25) is 0 Å². The summed E-state index contributed by atoms with van der Waals surface area (Å²) in [4.78, 5) is 1.04. The summed E-state index contributed by atoms with van der Waals surface area (Å²) in [6.07, 6.45) is 1.97. The number of thiophene rings is 1. The van der Waals surface area contributed by atoms with E-state index in [1.165, 1.54) is 0 Å². The van der Waals surface area contributed by atoms with Crippen LogP contribution in [0.15, 0.2) is 34.9 Å². The van der Waals surface area contributed by atoms with Crippen molar-refractivity contribution in [3.63, 3.8) is 0 Å². The van der Waals surface area contributed by atoms with Crippen molar-refractivity contribution in [3.8, 4) is 5.69 Å². The van der Waals surface area contributed by atoms with Gasteiger partial charge in [0.05, 0.1) is 16.3 Å². The maximum atomic E-state index is 8.88. The second-order valence-corrected chi connectivity index (χ2v) is 3.76. The van der Waals surface area contributed by atoms with Gasteiger partial charge in [0, 0.05) is 6.20 Å². The molecule has 0 spiro atoms. The molecule has 0 aromatic carbocycles. The third-order valence-electron chi connectivity index (χ3n) is 2.21. The molecule has 2 aromatic heterocycles. The molecule has 0 saturated heterocycles. The molecule has 0 fully saturated rings. The highest BCUT2D eigenvalue weighted by atomic mass is 32.1. The minimum Gasteiger partial charge on any atom is -0.410 e. The Bertz CT molecular complexity index is 453. The van der Waals surface area contributed by atoms with Crippen LogP contribution in [0, 0.1) is 0 Å². The van der Waals surface area contributed by atoms with E-state index in [4.69, 9.17) is 5.21 Å². The Morgan fingerprint density at radius 2 is 2.31 bits per heavy atom. The first-order valence-electron chi connectivity index (χ1n) is 3.90. The average Bonchev–Trinajstić information content (AvgIpc) is 2.71. The lowest BCUT2D eigenvalue weighted by molar-refractivity contribution is 0.320. The van der Waals surface area contributed by atoms with Crippen molar-refractivity contribution in [2.24, 2.45) is 5.16 Å². The lowest BCUT2D eigenvalue weighted by atomic mass is 10.2. The molecule has 0 aliphatic carbocycles. The minimum atomic E-state index is 0.676. The zero-order chi connectivity index (χ0) is 8.84. The third kappa shape index (κ3) is 0.709. The molecular formula is C9H6N2OS. The van der Waals surface area contributed by atoms with Gasteiger partial charge in [0.25, 0.3) is 0 Å². The Hall–Kier alpha value is -1.55. The Morgan fingerprint density at radius 3 is 3.15 bits per heavy atom. The van der Waals surface area contributed by atoms with E-state index in [0.29, 0.717) is 5.71 Å². The summed E-state index contributed by atoms with van der Waals surface area (Å²) in [6.45, 7) is 0. The fourth-order valence-electron chi connectivity index (χ4n) is 1.67.